The van der Waals surface area contributed by atoms with Crippen LogP contribution in [-0.4, -0.2) is 20.5 Å². The molecule has 3 aromatic rings. The van der Waals surface area contributed by atoms with E-state index in [1.54, 1.807) is 18.0 Å². The molecule has 0 bridgehead atoms. The number of nitrogens with zero attached hydrogens (tertiary/aromatic N) is 3. The highest BCUT2D eigenvalue weighted by Crippen LogP contribution is 2.25. The smallest absolute Gasteiger partial charge is 0.192 e. The van der Waals surface area contributed by atoms with Crippen LogP contribution in [0.1, 0.15) is 11.3 Å². The number of benzene rings is 1. The van der Waals surface area contributed by atoms with Crippen molar-refractivity contribution in [3.63, 3.8) is 0 Å². The summed E-state index contributed by atoms with van der Waals surface area (Å²) < 4.78 is 7.56. The predicted molar refractivity (Wildman–Crippen MR) is 88.9 cm³/mol. The molecule has 4 nitrogen and oxygen atoms in total. The molecule has 3 rings (SSSR count). The molecule has 0 N–H and O–H groups in total. The molecular formula is C17H17N3OS. The minimum atomic E-state index is 0.614. The lowest BCUT2D eigenvalue weighted by Gasteiger charge is -2.08. The minimum Gasteiger partial charge on any atom is -0.467 e. The highest BCUT2D eigenvalue weighted by molar-refractivity contribution is 7.99. The summed E-state index contributed by atoms with van der Waals surface area (Å²) >= 11 is 1.62. The minimum absolute atomic E-state index is 0.614. The summed E-state index contributed by atoms with van der Waals surface area (Å²) in [5.41, 5.74) is 2.26. The number of furan rings is 1. The largest absolute Gasteiger partial charge is 0.467 e. The van der Waals surface area contributed by atoms with E-state index in [9.17, 15) is 0 Å². The molecular weight excluding hydrogens is 294 g/mol. The Hall–Kier alpha value is -2.27. The zero-order valence-corrected chi connectivity index (χ0v) is 13.2. The molecule has 0 saturated heterocycles. The molecule has 0 saturated carbocycles. The molecule has 0 spiro atoms. The van der Waals surface area contributed by atoms with Gasteiger partial charge in [-0.25, -0.2) is 0 Å². The third kappa shape index (κ3) is 3.14. The fourth-order valence-corrected chi connectivity index (χ4v) is 2.90. The highest BCUT2D eigenvalue weighted by Gasteiger charge is 2.15. The first-order valence-electron chi connectivity index (χ1n) is 7.04. The van der Waals surface area contributed by atoms with E-state index in [-0.39, 0.29) is 0 Å². The van der Waals surface area contributed by atoms with Gasteiger partial charge in [0.15, 0.2) is 11.0 Å². The average Bonchev–Trinajstić information content (AvgIpc) is 3.16. The van der Waals surface area contributed by atoms with E-state index in [1.807, 2.05) is 24.3 Å². The Kier molecular flexibility index (Phi) is 4.44. The summed E-state index contributed by atoms with van der Waals surface area (Å²) in [5.74, 6) is 2.53. The number of thioether (sulfide) groups is 1. The molecule has 22 heavy (non-hydrogen) atoms. The van der Waals surface area contributed by atoms with Gasteiger partial charge >= 0.3 is 0 Å². The van der Waals surface area contributed by atoms with Crippen LogP contribution in [0.25, 0.3) is 11.4 Å². The van der Waals surface area contributed by atoms with E-state index in [0.717, 1.165) is 28.1 Å². The summed E-state index contributed by atoms with van der Waals surface area (Å²) in [6, 6.07) is 12.1. The molecule has 2 aromatic heterocycles. The summed E-state index contributed by atoms with van der Waals surface area (Å²) in [4.78, 5) is 0. The van der Waals surface area contributed by atoms with Gasteiger partial charge in [-0.05, 0) is 25.1 Å². The Morgan fingerprint density at radius 1 is 1.27 bits per heavy atom. The molecule has 0 radical (unpaired) electrons. The van der Waals surface area contributed by atoms with Crippen LogP contribution >= 0.6 is 11.8 Å². The van der Waals surface area contributed by atoms with Crippen molar-refractivity contribution in [2.75, 3.05) is 5.75 Å². The van der Waals surface area contributed by atoms with Crippen molar-refractivity contribution < 1.29 is 4.42 Å². The highest BCUT2D eigenvalue weighted by atomic mass is 32.2. The van der Waals surface area contributed by atoms with Crippen LogP contribution in [-0.2, 0) is 6.54 Å². The number of rotatable bonds is 6. The molecule has 0 unspecified atom stereocenters. The van der Waals surface area contributed by atoms with E-state index in [0.29, 0.717) is 6.54 Å². The van der Waals surface area contributed by atoms with Crippen LogP contribution in [0.5, 0.6) is 0 Å². The summed E-state index contributed by atoms with van der Waals surface area (Å²) in [6.07, 6.45) is 3.55. The van der Waals surface area contributed by atoms with Gasteiger partial charge in [-0.15, -0.1) is 16.8 Å². The van der Waals surface area contributed by atoms with Gasteiger partial charge in [-0.2, -0.15) is 0 Å². The topological polar surface area (TPSA) is 43.9 Å². The second-order valence-corrected chi connectivity index (χ2v) is 5.93. The maximum atomic E-state index is 5.48. The van der Waals surface area contributed by atoms with Crippen LogP contribution in [0.15, 0.2) is 64.9 Å². The first-order valence-corrected chi connectivity index (χ1v) is 8.03. The van der Waals surface area contributed by atoms with Crippen molar-refractivity contribution in [2.24, 2.45) is 0 Å². The predicted octanol–water partition coefficient (Wildman–Crippen LogP) is 4.17. The second kappa shape index (κ2) is 6.66. The van der Waals surface area contributed by atoms with Crippen LogP contribution < -0.4 is 0 Å². The van der Waals surface area contributed by atoms with Gasteiger partial charge < -0.3 is 4.42 Å². The molecule has 1 aromatic carbocycles. The first kappa shape index (κ1) is 14.7. The summed E-state index contributed by atoms with van der Waals surface area (Å²) in [5, 5.41) is 9.57. The van der Waals surface area contributed by atoms with Gasteiger partial charge in [-0.1, -0.05) is 41.6 Å². The Labute approximate surface area is 133 Å². The molecule has 0 fully saturated rings. The molecule has 0 amide bonds. The number of aryl methyl sites for hydroxylation is 1. The second-order valence-electron chi connectivity index (χ2n) is 4.94. The van der Waals surface area contributed by atoms with E-state index < -0.39 is 0 Å². The zero-order chi connectivity index (χ0) is 15.4. The maximum absolute atomic E-state index is 5.48. The van der Waals surface area contributed by atoms with Gasteiger partial charge in [0.2, 0.25) is 0 Å². The van der Waals surface area contributed by atoms with Crippen molar-refractivity contribution in [1.82, 2.24) is 14.8 Å². The maximum Gasteiger partial charge on any atom is 0.192 e. The summed E-state index contributed by atoms with van der Waals surface area (Å²) in [6.45, 7) is 6.45. The van der Waals surface area contributed by atoms with Gasteiger partial charge in [-0.3, -0.25) is 4.57 Å². The van der Waals surface area contributed by atoms with Crippen LogP contribution in [0, 0.1) is 6.92 Å². The molecule has 2 heterocycles. The molecule has 0 aliphatic carbocycles. The standard InChI is InChI=1S/C17H17N3OS/c1-3-10-22-17-19-18-16(14-7-4-6-13(2)11-14)20(17)12-15-8-5-9-21-15/h3-9,11H,1,10,12H2,2H3. The lowest BCUT2D eigenvalue weighted by molar-refractivity contribution is 0.485. The molecule has 5 heteroatoms. The SMILES string of the molecule is C=CCSc1nnc(-c2cccc(C)c2)n1Cc1ccco1. The van der Waals surface area contributed by atoms with E-state index in [4.69, 9.17) is 4.42 Å². The van der Waals surface area contributed by atoms with Crippen molar-refractivity contribution in [3.05, 3.63) is 66.6 Å². The first-order chi connectivity index (χ1) is 10.8. The van der Waals surface area contributed by atoms with E-state index >= 15 is 0 Å². The van der Waals surface area contributed by atoms with Gasteiger partial charge in [0, 0.05) is 11.3 Å². The van der Waals surface area contributed by atoms with Gasteiger partial charge in [0.1, 0.15) is 5.76 Å². The Bertz CT molecular complexity index is 762. The van der Waals surface area contributed by atoms with Crippen molar-refractivity contribution >= 4 is 11.8 Å². The molecule has 112 valence electrons. The zero-order valence-electron chi connectivity index (χ0n) is 12.4. The monoisotopic (exact) mass is 311 g/mol. The van der Waals surface area contributed by atoms with Crippen LogP contribution in [0.2, 0.25) is 0 Å². The van der Waals surface area contributed by atoms with Gasteiger partial charge in [0.25, 0.3) is 0 Å². The van der Waals surface area contributed by atoms with Crippen molar-refractivity contribution in [2.45, 2.75) is 18.6 Å². The lowest BCUT2D eigenvalue weighted by Crippen LogP contribution is -2.03. The van der Waals surface area contributed by atoms with Crippen molar-refractivity contribution in [1.29, 1.82) is 0 Å². The quantitative estimate of drug-likeness (QED) is 0.506. The number of hydrogen-bond acceptors (Lipinski definition) is 4. The van der Waals surface area contributed by atoms with E-state index in [2.05, 4.69) is 46.5 Å². The fraction of sp³-hybridized carbons (Fsp3) is 0.176. The summed E-state index contributed by atoms with van der Waals surface area (Å²) in [7, 11) is 0. The Morgan fingerprint density at radius 2 is 2.18 bits per heavy atom. The average molecular weight is 311 g/mol. The van der Waals surface area contributed by atoms with Gasteiger partial charge in [0.05, 0.1) is 12.8 Å². The third-order valence-electron chi connectivity index (χ3n) is 3.22. The lowest BCUT2D eigenvalue weighted by atomic mass is 10.1. The number of aromatic nitrogens is 3. The number of hydrogen-bond donors (Lipinski definition) is 0. The van der Waals surface area contributed by atoms with Crippen LogP contribution in [0.4, 0.5) is 0 Å². The van der Waals surface area contributed by atoms with Crippen molar-refractivity contribution in [3.8, 4) is 11.4 Å². The van der Waals surface area contributed by atoms with Crippen LogP contribution in [0.3, 0.4) is 0 Å². The Balaban J connectivity index is 2.01. The molecule has 0 atom stereocenters. The Morgan fingerprint density at radius 3 is 2.91 bits per heavy atom. The molecule has 0 aliphatic heterocycles. The molecule has 0 aliphatic rings. The fourth-order valence-electron chi connectivity index (χ4n) is 2.23. The third-order valence-corrected chi connectivity index (χ3v) is 4.18. The van der Waals surface area contributed by atoms with E-state index in [1.165, 1.54) is 5.56 Å². The normalized spacial score (nSPS) is 10.8.